The van der Waals surface area contributed by atoms with E-state index < -0.39 is 35.2 Å². The predicted molar refractivity (Wildman–Crippen MR) is 168 cm³/mol. The van der Waals surface area contributed by atoms with Crippen molar-refractivity contribution < 1.29 is 19.5 Å². The van der Waals surface area contributed by atoms with Gasteiger partial charge in [-0.25, -0.2) is 0 Å². The molecule has 2 aromatic carbocycles. The van der Waals surface area contributed by atoms with Gasteiger partial charge in [0.15, 0.2) is 5.60 Å². The number of likely N-dealkylation sites (tertiary alicyclic amines) is 1. The van der Waals surface area contributed by atoms with Crippen LogP contribution in [0.4, 0.5) is 0 Å². The van der Waals surface area contributed by atoms with Gasteiger partial charge in [-0.3, -0.25) is 29.3 Å². The van der Waals surface area contributed by atoms with E-state index in [-0.39, 0.29) is 18.4 Å². The Morgan fingerprint density at radius 2 is 1.44 bits per heavy atom. The molecule has 1 saturated carbocycles. The van der Waals surface area contributed by atoms with Crippen LogP contribution in [0.1, 0.15) is 22.5 Å². The van der Waals surface area contributed by atoms with E-state index in [9.17, 15) is 19.5 Å². The lowest BCUT2D eigenvalue weighted by Crippen LogP contribution is -2.42. The summed E-state index contributed by atoms with van der Waals surface area (Å²) in [5, 5.41) is 12.9. The van der Waals surface area contributed by atoms with Crippen LogP contribution in [0.2, 0.25) is 0 Å². The molecule has 0 spiro atoms. The summed E-state index contributed by atoms with van der Waals surface area (Å²) in [7, 11) is 3.20. The van der Waals surface area contributed by atoms with Crippen LogP contribution in [0.15, 0.2) is 127 Å². The van der Waals surface area contributed by atoms with Gasteiger partial charge < -0.3 is 10.0 Å². The molecular formula is C37H32N4O4. The summed E-state index contributed by atoms with van der Waals surface area (Å²) < 4.78 is 0. The number of hydrogen-bond acceptors (Lipinski definition) is 6. The maximum atomic E-state index is 14.3. The lowest BCUT2D eigenvalue weighted by molar-refractivity contribution is -0.146. The van der Waals surface area contributed by atoms with Crippen molar-refractivity contribution in [3.05, 3.63) is 149 Å². The van der Waals surface area contributed by atoms with E-state index in [0.717, 1.165) is 21.6 Å². The molecule has 2 aliphatic carbocycles. The normalized spacial score (nSPS) is 24.2. The lowest BCUT2D eigenvalue weighted by atomic mass is 9.71. The largest absolute Gasteiger partial charge is 0.375 e. The van der Waals surface area contributed by atoms with Gasteiger partial charge in [-0.05, 0) is 46.5 Å². The molecule has 8 heteroatoms. The van der Waals surface area contributed by atoms with Crippen LogP contribution in [0.3, 0.4) is 0 Å². The van der Waals surface area contributed by atoms with E-state index in [1.54, 1.807) is 38.6 Å². The quantitative estimate of drug-likeness (QED) is 0.255. The Bertz CT molecular complexity index is 1760. The molecular weight excluding hydrogens is 564 g/mol. The van der Waals surface area contributed by atoms with Gasteiger partial charge in [-0.15, -0.1) is 0 Å². The van der Waals surface area contributed by atoms with E-state index in [1.165, 1.54) is 4.90 Å². The van der Waals surface area contributed by atoms with Gasteiger partial charge in [-0.2, -0.15) is 0 Å². The van der Waals surface area contributed by atoms with Gasteiger partial charge in [0, 0.05) is 43.9 Å². The number of rotatable bonds is 7. The van der Waals surface area contributed by atoms with Crippen molar-refractivity contribution in [1.29, 1.82) is 0 Å². The van der Waals surface area contributed by atoms with Gasteiger partial charge in [-0.1, -0.05) is 78.9 Å². The van der Waals surface area contributed by atoms with Gasteiger partial charge in [0.2, 0.25) is 17.7 Å². The Morgan fingerprint density at radius 1 is 0.822 bits per heavy atom. The third-order valence-electron chi connectivity index (χ3n) is 9.33. The Kier molecular flexibility index (Phi) is 7.01. The van der Waals surface area contributed by atoms with Crippen molar-refractivity contribution in [2.75, 3.05) is 20.6 Å². The number of carbonyl (C=O) groups excluding carboxylic acids is 3. The first-order chi connectivity index (χ1) is 21.8. The van der Waals surface area contributed by atoms with Crippen LogP contribution in [0, 0.1) is 23.7 Å². The second-order valence-electron chi connectivity index (χ2n) is 11.9. The highest BCUT2D eigenvalue weighted by atomic mass is 16.3. The number of imide groups is 1. The minimum absolute atomic E-state index is 0.319. The lowest BCUT2D eigenvalue weighted by Gasteiger charge is -2.36. The van der Waals surface area contributed by atoms with Crippen molar-refractivity contribution in [3.63, 3.8) is 0 Å². The molecule has 0 radical (unpaired) electrons. The molecule has 2 fully saturated rings. The first-order valence-electron chi connectivity index (χ1n) is 15.0. The molecule has 5 unspecified atom stereocenters. The zero-order valence-electron chi connectivity index (χ0n) is 24.9. The van der Waals surface area contributed by atoms with Gasteiger partial charge in [0.05, 0.1) is 23.2 Å². The molecule has 3 heterocycles. The van der Waals surface area contributed by atoms with Gasteiger partial charge in [0.1, 0.15) is 6.54 Å². The molecule has 224 valence electrons. The molecule has 3 amide bonds. The topological polar surface area (TPSA) is 104 Å². The van der Waals surface area contributed by atoms with Crippen LogP contribution < -0.4 is 0 Å². The minimum Gasteiger partial charge on any atom is -0.375 e. The number of likely N-dealkylation sites (N-methyl/N-ethyl adjacent to an activating group) is 1. The number of benzene rings is 2. The van der Waals surface area contributed by atoms with E-state index >= 15 is 0 Å². The second kappa shape index (κ2) is 11.1. The fraction of sp³-hybridized carbons (Fsp3) is 0.216. The van der Waals surface area contributed by atoms with Crippen molar-refractivity contribution in [2.45, 2.75) is 5.60 Å². The molecule has 2 aromatic heterocycles. The van der Waals surface area contributed by atoms with E-state index in [0.29, 0.717) is 22.5 Å². The van der Waals surface area contributed by atoms with Crippen molar-refractivity contribution in [2.24, 2.45) is 23.7 Å². The summed E-state index contributed by atoms with van der Waals surface area (Å²) in [4.78, 5) is 52.9. The highest BCUT2D eigenvalue weighted by Gasteiger charge is 2.67. The Hall–Kier alpha value is -5.21. The van der Waals surface area contributed by atoms with Gasteiger partial charge in [0.25, 0.3) is 0 Å². The predicted octanol–water partition coefficient (Wildman–Crippen LogP) is 4.09. The Labute approximate surface area is 261 Å². The summed E-state index contributed by atoms with van der Waals surface area (Å²) >= 11 is 0. The van der Waals surface area contributed by atoms with Crippen LogP contribution in [-0.4, -0.2) is 63.2 Å². The van der Waals surface area contributed by atoms with Gasteiger partial charge >= 0.3 is 0 Å². The smallest absolute Gasteiger partial charge is 0.242 e. The first kappa shape index (κ1) is 28.6. The van der Waals surface area contributed by atoms with Crippen molar-refractivity contribution in [1.82, 2.24) is 19.8 Å². The van der Waals surface area contributed by atoms with E-state index in [2.05, 4.69) is 4.98 Å². The number of fused-ring (bicyclic) bond motifs is 5. The van der Waals surface area contributed by atoms with E-state index in [4.69, 9.17) is 4.98 Å². The fourth-order valence-electron chi connectivity index (χ4n) is 7.35. The van der Waals surface area contributed by atoms with E-state index in [1.807, 2.05) is 91.0 Å². The van der Waals surface area contributed by atoms with Crippen LogP contribution in [-0.2, 0) is 20.0 Å². The molecule has 1 aliphatic heterocycles. The standard InChI is InChI=1S/C37H32N4O4/c1-40(2)29(42)22-41-35(43)32-25-21-26(37(45,24-15-7-4-8-16-24)28-18-10-12-20-39-28)33(34(32)36(41)44)31(25)30(23-13-5-3-6-14-23)27-17-9-11-19-38-27/h3-21,25,32-34,45H,22H2,1-2H3. The number of allylic oxidation sites excluding steroid dienone is 2. The number of amides is 3. The number of aromatic nitrogens is 2. The number of pyridine rings is 2. The first-order valence-corrected chi connectivity index (χ1v) is 15.0. The summed E-state index contributed by atoms with van der Waals surface area (Å²) in [6, 6.07) is 30.2. The van der Waals surface area contributed by atoms with Crippen LogP contribution in [0.5, 0.6) is 0 Å². The number of nitrogens with zero attached hydrogens (tertiary/aromatic N) is 4. The zero-order valence-corrected chi connectivity index (χ0v) is 24.9. The second-order valence-corrected chi connectivity index (χ2v) is 11.9. The molecule has 3 aliphatic rings. The molecule has 4 aromatic rings. The van der Waals surface area contributed by atoms with Crippen molar-refractivity contribution >= 4 is 23.3 Å². The maximum Gasteiger partial charge on any atom is 0.242 e. The monoisotopic (exact) mass is 596 g/mol. The minimum atomic E-state index is -1.69. The molecule has 7 rings (SSSR count). The highest BCUT2D eigenvalue weighted by molar-refractivity contribution is 6.10. The van der Waals surface area contributed by atoms with Crippen LogP contribution in [0.25, 0.3) is 5.57 Å². The molecule has 8 nitrogen and oxygen atoms in total. The molecule has 1 saturated heterocycles. The summed E-state index contributed by atoms with van der Waals surface area (Å²) in [5.41, 5.74) is 3.24. The maximum absolute atomic E-state index is 14.3. The number of carbonyl (C=O) groups is 3. The average molecular weight is 597 g/mol. The highest BCUT2D eigenvalue weighted by Crippen LogP contribution is 2.64. The molecule has 2 bridgehead atoms. The summed E-state index contributed by atoms with van der Waals surface area (Å²) in [6.45, 7) is -0.319. The fourth-order valence-corrected chi connectivity index (χ4v) is 7.35. The zero-order chi connectivity index (χ0) is 31.3. The number of hydrogen-bond donors (Lipinski definition) is 1. The third kappa shape index (κ3) is 4.44. The molecule has 1 N–H and O–H groups in total. The number of aliphatic hydroxyl groups is 1. The molecule has 5 atom stereocenters. The van der Waals surface area contributed by atoms with Crippen molar-refractivity contribution in [3.8, 4) is 0 Å². The van der Waals surface area contributed by atoms with Crippen LogP contribution >= 0.6 is 0 Å². The summed E-state index contributed by atoms with van der Waals surface area (Å²) in [6.07, 6.45) is 5.33. The molecule has 45 heavy (non-hydrogen) atoms. The Morgan fingerprint density at radius 3 is 2.07 bits per heavy atom. The SMILES string of the molecule is CN(C)C(=O)CN1C(=O)C2C3C=C(C(O)(c4ccccc4)c4ccccn4)C(C3=C(c3ccccc3)c3ccccn3)C2C1=O. The third-order valence-corrected chi connectivity index (χ3v) is 9.33. The summed E-state index contributed by atoms with van der Waals surface area (Å²) in [5.74, 6) is -3.77. The average Bonchev–Trinajstić information content (AvgIpc) is 3.69. The Balaban J connectivity index is 1.49.